The minimum absolute atomic E-state index is 0.368. The van der Waals surface area contributed by atoms with Gasteiger partial charge in [-0.1, -0.05) is 13.8 Å². The van der Waals surface area contributed by atoms with Gasteiger partial charge >= 0.3 is 0 Å². The zero-order valence-corrected chi connectivity index (χ0v) is 10.2. The predicted octanol–water partition coefficient (Wildman–Crippen LogP) is 1.41. The van der Waals surface area contributed by atoms with E-state index >= 15 is 0 Å². The van der Waals surface area contributed by atoms with Crippen LogP contribution in [0.3, 0.4) is 0 Å². The Bertz CT molecular complexity index is 175. The van der Waals surface area contributed by atoms with Crippen molar-refractivity contribution in [2.75, 3.05) is 19.8 Å². The lowest BCUT2D eigenvalue weighted by molar-refractivity contribution is 0.0406. The Kier molecular flexibility index (Phi) is 5.58. The summed E-state index contributed by atoms with van der Waals surface area (Å²) < 4.78 is 5.17. The van der Waals surface area contributed by atoms with E-state index in [-0.39, 0.29) is 6.10 Å². The summed E-state index contributed by atoms with van der Waals surface area (Å²) in [6.45, 7) is 8.32. The number of aliphatic hydroxyl groups is 1. The van der Waals surface area contributed by atoms with Crippen molar-refractivity contribution in [3.05, 3.63) is 0 Å². The third-order valence-corrected chi connectivity index (χ3v) is 3.60. The van der Waals surface area contributed by atoms with Crippen molar-refractivity contribution in [2.24, 2.45) is 11.8 Å². The van der Waals surface area contributed by atoms with E-state index in [0.29, 0.717) is 25.8 Å². The molecule has 0 aromatic rings. The molecule has 90 valence electrons. The van der Waals surface area contributed by atoms with Crippen molar-refractivity contribution < 1.29 is 9.84 Å². The smallest absolute Gasteiger partial charge is 0.0897 e. The highest BCUT2D eigenvalue weighted by Crippen LogP contribution is 2.30. The largest absolute Gasteiger partial charge is 0.389 e. The summed E-state index contributed by atoms with van der Waals surface area (Å²) in [5.74, 6) is 1.54. The van der Waals surface area contributed by atoms with Crippen molar-refractivity contribution >= 4 is 0 Å². The third kappa shape index (κ3) is 4.09. The molecule has 0 radical (unpaired) electrons. The highest BCUT2D eigenvalue weighted by molar-refractivity contribution is 4.85. The monoisotopic (exact) mass is 215 g/mol. The molecule has 0 bridgehead atoms. The van der Waals surface area contributed by atoms with Gasteiger partial charge in [-0.25, -0.2) is 0 Å². The van der Waals surface area contributed by atoms with E-state index in [0.717, 1.165) is 11.8 Å². The lowest BCUT2D eigenvalue weighted by atomic mass is 9.98. The van der Waals surface area contributed by atoms with Crippen molar-refractivity contribution in [3.8, 4) is 0 Å². The molecule has 3 heteroatoms. The molecular weight excluding hydrogens is 190 g/mol. The SMILES string of the molecule is CCOCC(O)CNC1CCC(C)C1C. The molecule has 3 nitrogen and oxygen atoms in total. The van der Waals surface area contributed by atoms with Crippen LogP contribution in [-0.2, 0) is 4.74 Å². The van der Waals surface area contributed by atoms with E-state index in [1.807, 2.05) is 6.92 Å². The first-order valence-electron chi connectivity index (χ1n) is 6.14. The van der Waals surface area contributed by atoms with Crippen LogP contribution in [0, 0.1) is 11.8 Å². The standard InChI is InChI=1S/C12H25NO2/c1-4-15-8-11(14)7-13-12-6-5-9(2)10(12)3/h9-14H,4-8H2,1-3H3. The van der Waals surface area contributed by atoms with E-state index in [9.17, 15) is 5.11 Å². The van der Waals surface area contributed by atoms with Crippen molar-refractivity contribution in [1.29, 1.82) is 0 Å². The first kappa shape index (κ1) is 12.9. The maximum absolute atomic E-state index is 9.61. The molecule has 0 amide bonds. The van der Waals surface area contributed by atoms with E-state index < -0.39 is 0 Å². The number of hydrogen-bond donors (Lipinski definition) is 2. The number of hydrogen-bond acceptors (Lipinski definition) is 3. The fraction of sp³-hybridized carbons (Fsp3) is 1.00. The van der Waals surface area contributed by atoms with Gasteiger partial charge in [-0.15, -0.1) is 0 Å². The molecular formula is C12H25NO2. The van der Waals surface area contributed by atoms with Crippen LogP contribution in [0.25, 0.3) is 0 Å². The summed E-state index contributed by atoms with van der Waals surface area (Å²) in [5.41, 5.74) is 0. The van der Waals surface area contributed by atoms with E-state index in [1.165, 1.54) is 12.8 Å². The Morgan fingerprint density at radius 2 is 2.13 bits per heavy atom. The molecule has 0 aromatic carbocycles. The van der Waals surface area contributed by atoms with E-state index in [2.05, 4.69) is 19.2 Å². The molecule has 0 aliphatic heterocycles. The summed E-state index contributed by atoms with van der Waals surface area (Å²) in [4.78, 5) is 0. The van der Waals surface area contributed by atoms with Crippen LogP contribution < -0.4 is 5.32 Å². The van der Waals surface area contributed by atoms with Crippen LogP contribution in [0.5, 0.6) is 0 Å². The topological polar surface area (TPSA) is 41.5 Å². The van der Waals surface area contributed by atoms with Gasteiger partial charge in [0, 0.05) is 19.2 Å². The van der Waals surface area contributed by atoms with Gasteiger partial charge in [0.1, 0.15) is 0 Å². The van der Waals surface area contributed by atoms with Gasteiger partial charge in [0.2, 0.25) is 0 Å². The second kappa shape index (κ2) is 6.46. The van der Waals surface area contributed by atoms with E-state index in [4.69, 9.17) is 4.74 Å². The average molecular weight is 215 g/mol. The summed E-state index contributed by atoms with van der Waals surface area (Å²) in [5, 5.41) is 13.0. The van der Waals surface area contributed by atoms with Gasteiger partial charge in [0.15, 0.2) is 0 Å². The summed E-state index contributed by atoms with van der Waals surface area (Å²) in [6.07, 6.45) is 2.18. The predicted molar refractivity (Wildman–Crippen MR) is 61.9 cm³/mol. The van der Waals surface area contributed by atoms with Gasteiger partial charge in [-0.05, 0) is 31.6 Å². The molecule has 0 heterocycles. The van der Waals surface area contributed by atoms with Crippen LogP contribution in [0.4, 0.5) is 0 Å². The summed E-state index contributed by atoms with van der Waals surface area (Å²) >= 11 is 0. The Balaban J connectivity index is 2.14. The zero-order valence-electron chi connectivity index (χ0n) is 10.2. The molecule has 15 heavy (non-hydrogen) atoms. The normalized spacial score (nSPS) is 33.2. The van der Waals surface area contributed by atoms with Crippen LogP contribution in [-0.4, -0.2) is 37.0 Å². The molecule has 1 aliphatic rings. The minimum Gasteiger partial charge on any atom is -0.389 e. The zero-order chi connectivity index (χ0) is 11.3. The maximum Gasteiger partial charge on any atom is 0.0897 e. The molecule has 1 rings (SSSR count). The first-order valence-corrected chi connectivity index (χ1v) is 6.14. The molecule has 2 N–H and O–H groups in total. The highest BCUT2D eigenvalue weighted by Gasteiger charge is 2.29. The second-order valence-electron chi connectivity index (χ2n) is 4.74. The second-order valence-corrected chi connectivity index (χ2v) is 4.74. The number of ether oxygens (including phenoxy) is 1. The van der Waals surface area contributed by atoms with Crippen molar-refractivity contribution in [3.63, 3.8) is 0 Å². The maximum atomic E-state index is 9.61. The quantitative estimate of drug-likeness (QED) is 0.704. The molecule has 1 saturated carbocycles. The van der Waals surface area contributed by atoms with Gasteiger partial charge < -0.3 is 15.2 Å². The van der Waals surface area contributed by atoms with Crippen LogP contribution >= 0.6 is 0 Å². The first-order chi connectivity index (χ1) is 7.15. The fourth-order valence-electron chi connectivity index (χ4n) is 2.25. The minimum atomic E-state index is -0.368. The van der Waals surface area contributed by atoms with Crippen molar-refractivity contribution in [2.45, 2.75) is 45.8 Å². The van der Waals surface area contributed by atoms with Gasteiger partial charge in [-0.2, -0.15) is 0 Å². The number of rotatable bonds is 6. The molecule has 4 unspecified atom stereocenters. The third-order valence-electron chi connectivity index (χ3n) is 3.60. The van der Waals surface area contributed by atoms with Gasteiger partial charge in [0.25, 0.3) is 0 Å². The summed E-state index contributed by atoms with van der Waals surface area (Å²) in [7, 11) is 0. The Hall–Kier alpha value is -0.120. The number of aliphatic hydroxyl groups excluding tert-OH is 1. The lowest BCUT2D eigenvalue weighted by Crippen LogP contribution is -2.39. The molecule has 0 spiro atoms. The molecule has 1 aliphatic carbocycles. The molecule has 1 fully saturated rings. The van der Waals surface area contributed by atoms with Crippen LogP contribution in [0.1, 0.15) is 33.6 Å². The lowest BCUT2D eigenvalue weighted by Gasteiger charge is -2.21. The Labute approximate surface area is 93.2 Å². The van der Waals surface area contributed by atoms with Crippen molar-refractivity contribution in [1.82, 2.24) is 5.32 Å². The highest BCUT2D eigenvalue weighted by atomic mass is 16.5. The van der Waals surface area contributed by atoms with E-state index in [1.54, 1.807) is 0 Å². The van der Waals surface area contributed by atoms with Gasteiger partial charge in [-0.3, -0.25) is 0 Å². The fourth-order valence-corrected chi connectivity index (χ4v) is 2.25. The van der Waals surface area contributed by atoms with Gasteiger partial charge in [0.05, 0.1) is 12.7 Å². The average Bonchev–Trinajstić information content (AvgIpc) is 2.54. The molecule has 0 saturated heterocycles. The van der Waals surface area contributed by atoms with Crippen LogP contribution in [0.15, 0.2) is 0 Å². The Morgan fingerprint density at radius 1 is 1.40 bits per heavy atom. The van der Waals surface area contributed by atoms with Crippen LogP contribution in [0.2, 0.25) is 0 Å². The molecule has 0 aromatic heterocycles. The molecule has 4 atom stereocenters. The Morgan fingerprint density at radius 3 is 2.67 bits per heavy atom. The summed E-state index contributed by atoms with van der Waals surface area (Å²) in [6, 6.07) is 0.580. The number of nitrogens with one attached hydrogen (secondary N) is 1.